The summed E-state index contributed by atoms with van der Waals surface area (Å²) in [5, 5.41) is 0. The van der Waals surface area contributed by atoms with E-state index >= 15 is 0 Å². The van der Waals surface area contributed by atoms with E-state index in [-0.39, 0.29) is 10.9 Å². The molecule has 1 atom stereocenters. The maximum absolute atomic E-state index is 13.3. The van der Waals surface area contributed by atoms with Crippen molar-refractivity contribution >= 4 is 10.0 Å². The molecule has 0 spiro atoms. The number of nitrogens with one attached hydrogen (secondary N) is 1. The van der Waals surface area contributed by atoms with Crippen molar-refractivity contribution in [2.45, 2.75) is 38.6 Å². The summed E-state index contributed by atoms with van der Waals surface area (Å²) in [6, 6.07) is 9.27. The lowest BCUT2D eigenvalue weighted by molar-refractivity contribution is 0.565. The van der Waals surface area contributed by atoms with E-state index in [2.05, 4.69) is 4.72 Å². The van der Waals surface area contributed by atoms with Crippen LogP contribution >= 0.6 is 0 Å². The average Bonchev–Trinajstić information content (AvgIpc) is 2.44. The summed E-state index contributed by atoms with van der Waals surface area (Å²) in [6.45, 7) is 7.33. The summed E-state index contributed by atoms with van der Waals surface area (Å²) in [4.78, 5) is 0.0714. The van der Waals surface area contributed by atoms with Gasteiger partial charge in [-0.2, -0.15) is 0 Å². The molecule has 0 saturated carbocycles. The zero-order valence-corrected chi connectivity index (χ0v) is 14.0. The van der Waals surface area contributed by atoms with Gasteiger partial charge in [0, 0.05) is 6.04 Å². The monoisotopic (exact) mass is 321 g/mol. The Bertz CT molecular complexity index is 800. The van der Waals surface area contributed by atoms with Gasteiger partial charge in [-0.25, -0.2) is 17.5 Å². The van der Waals surface area contributed by atoms with Crippen LogP contribution in [0.2, 0.25) is 0 Å². The molecule has 3 nitrogen and oxygen atoms in total. The molecule has 0 saturated heterocycles. The van der Waals surface area contributed by atoms with Gasteiger partial charge in [0.05, 0.1) is 4.90 Å². The first-order valence-electron chi connectivity index (χ1n) is 7.06. The smallest absolute Gasteiger partial charge is 0.207 e. The molecular weight excluding hydrogens is 301 g/mol. The Morgan fingerprint density at radius 2 is 1.64 bits per heavy atom. The standard InChI is InChI=1S/C17H20FNO2S/c1-11-5-6-15(9-12(11)2)14(4)19-22(20,21)16-7-8-17(18)13(3)10-16/h5-10,14,19H,1-4H3. The Hall–Kier alpha value is -1.72. The third kappa shape index (κ3) is 3.54. The van der Waals surface area contributed by atoms with Crippen LogP contribution in [0.1, 0.15) is 35.2 Å². The predicted molar refractivity (Wildman–Crippen MR) is 85.8 cm³/mol. The second kappa shape index (κ2) is 6.18. The van der Waals surface area contributed by atoms with Crippen LogP contribution in [0.3, 0.4) is 0 Å². The van der Waals surface area contributed by atoms with Gasteiger partial charge in [-0.05, 0) is 68.1 Å². The lowest BCUT2D eigenvalue weighted by Crippen LogP contribution is -2.27. The minimum atomic E-state index is -3.69. The predicted octanol–water partition coefficient (Wildman–Crippen LogP) is 3.79. The van der Waals surface area contributed by atoms with Crippen molar-refractivity contribution in [2.75, 3.05) is 0 Å². The SMILES string of the molecule is Cc1ccc(C(C)NS(=O)(=O)c2ccc(F)c(C)c2)cc1C. The molecular formula is C17H20FNO2S. The highest BCUT2D eigenvalue weighted by Crippen LogP contribution is 2.20. The zero-order valence-electron chi connectivity index (χ0n) is 13.1. The van der Waals surface area contributed by atoms with E-state index < -0.39 is 15.8 Å². The van der Waals surface area contributed by atoms with E-state index in [9.17, 15) is 12.8 Å². The van der Waals surface area contributed by atoms with Crippen LogP contribution in [-0.2, 0) is 10.0 Å². The minimum Gasteiger partial charge on any atom is -0.207 e. The highest BCUT2D eigenvalue weighted by molar-refractivity contribution is 7.89. The first-order chi connectivity index (χ1) is 10.2. The summed E-state index contributed by atoms with van der Waals surface area (Å²) in [5.74, 6) is -0.416. The number of hydrogen-bond acceptors (Lipinski definition) is 2. The van der Waals surface area contributed by atoms with E-state index in [1.165, 1.54) is 18.2 Å². The molecule has 5 heteroatoms. The fourth-order valence-electron chi connectivity index (χ4n) is 2.19. The fraction of sp³-hybridized carbons (Fsp3) is 0.294. The summed E-state index contributed by atoms with van der Waals surface area (Å²) in [6.07, 6.45) is 0. The largest absolute Gasteiger partial charge is 0.241 e. The van der Waals surface area contributed by atoms with Crippen LogP contribution in [0, 0.1) is 26.6 Å². The molecule has 0 aliphatic rings. The average molecular weight is 321 g/mol. The molecule has 1 N–H and O–H groups in total. The number of hydrogen-bond donors (Lipinski definition) is 1. The lowest BCUT2D eigenvalue weighted by Gasteiger charge is -2.16. The molecule has 0 amide bonds. The van der Waals surface area contributed by atoms with Gasteiger partial charge in [-0.3, -0.25) is 0 Å². The van der Waals surface area contributed by atoms with E-state index in [1.807, 2.05) is 32.0 Å². The van der Waals surface area contributed by atoms with Crippen LogP contribution in [0.15, 0.2) is 41.3 Å². The van der Waals surface area contributed by atoms with Crippen LogP contribution in [-0.4, -0.2) is 8.42 Å². The van der Waals surface area contributed by atoms with Crippen LogP contribution in [0.4, 0.5) is 4.39 Å². The molecule has 22 heavy (non-hydrogen) atoms. The van der Waals surface area contributed by atoms with Gasteiger partial charge >= 0.3 is 0 Å². The summed E-state index contributed by atoms with van der Waals surface area (Å²) in [5.41, 5.74) is 3.47. The Balaban J connectivity index is 2.27. The van der Waals surface area contributed by atoms with E-state index in [0.29, 0.717) is 5.56 Å². The first-order valence-corrected chi connectivity index (χ1v) is 8.54. The molecule has 2 rings (SSSR count). The summed E-state index contributed by atoms with van der Waals surface area (Å²) in [7, 11) is -3.69. The Morgan fingerprint density at radius 3 is 2.23 bits per heavy atom. The van der Waals surface area contributed by atoms with Gasteiger partial charge in [0.15, 0.2) is 0 Å². The number of benzene rings is 2. The van der Waals surface area contributed by atoms with Crippen molar-refractivity contribution in [3.05, 3.63) is 64.5 Å². The normalized spacial score (nSPS) is 13.1. The maximum Gasteiger partial charge on any atom is 0.241 e. The van der Waals surface area contributed by atoms with Crippen molar-refractivity contribution in [3.8, 4) is 0 Å². The molecule has 1 unspecified atom stereocenters. The molecule has 2 aromatic carbocycles. The van der Waals surface area contributed by atoms with Crippen molar-refractivity contribution in [1.29, 1.82) is 0 Å². The molecule has 0 fully saturated rings. The zero-order chi connectivity index (χ0) is 16.5. The Morgan fingerprint density at radius 1 is 0.955 bits per heavy atom. The maximum atomic E-state index is 13.3. The van der Waals surface area contributed by atoms with Gasteiger partial charge in [-0.1, -0.05) is 18.2 Å². The molecule has 118 valence electrons. The molecule has 0 aliphatic heterocycles. The molecule has 0 bridgehead atoms. The topological polar surface area (TPSA) is 46.2 Å². The first kappa shape index (κ1) is 16.6. The lowest BCUT2D eigenvalue weighted by atomic mass is 10.0. The molecule has 2 aromatic rings. The Kier molecular flexibility index (Phi) is 4.68. The highest BCUT2D eigenvalue weighted by Gasteiger charge is 2.19. The van der Waals surface area contributed by atoms with Crippen molar-refractivity contribution in [3.63, 3.8) is 0 Å². The second-order valence-electron chi connectivity index (χ2n) is 5.60. The van der Waals surface area contributed by atoms with Crippen LogP contribution in [0.25, 0.3) is 0 Å². The van der Waals surface area contributed by atoms with E-state index in [4.69, 9.17) is 0 Å². The molecule has 0 heterocycles. The molecule has 0 aliphatic carbocycles. The third-order valence-electron chi connectivity index (χ3n) is 3.80. The van der Waals surface area contributed by atoms with Gasteiger partial charge in [0.1, 0.15) is 5.82 Å². The van der Waals surface area contributed by atoms with Crippen LogP contribution < -0.4 is 4.72 Å². The number of halogens is 1. The van der Waals surface area contributed by atoms with Gasteiger partial charge in [0.25, 0.3) is 0 Å². The third-order valence-corrected chi connectivity index (χ3v) is 5.34. The second-order valence-corrected chi connectivity index (χ2v) is 7.31. The van der Waals surface area contributed by atoms with Crippen molar-refractivity contribution < 1.29 is 12.8 Å². The van der Waals surface area contributed by atoms with E-state index in [0.717, 1.165) is 16.7 Å². The summed E-state index contributed by atoms with van der Waals surface area (Å²) < 4.78 is 40.7. The Labute approximate surface area is 131 Å². The fourth-order valence-corrected chi connectivity index (χ4v) is 3.50. The van der Waals surface area contributed by atoms with Crippen LogP contribution in [0.5, 0.6) is 0 Å². The number of aryl methyl sites for hydroxylation is 3. The van der Waals surface area contributed by atoms with E-state index in [1.54, 1.807) is 13.8 Å². The molecule has 0 aromatic heterocycles. The summed E-state index contributed by atoms with van der Waals surface area (Å²) >= 11 is 0. The van der Waals surface area contributed by atoms with Gasteiger partial charge in [-0.15, -0.1) is 0 Å². The minimum absolute atomic E-state index is 0.0714. The van der Waals surface area contributed by atoms with Crippen molar-refractivity contribution in [1.82, 2.24) is 4.72 Å². The number of sulfonamides is 1. The molecule has 0 radical (unpaired) electrons. The highest BCUT2D eigenvalue weighted by atomic mass is 32.2. The van der Waals surface area contributed by atoms with Gasteiger partial charge < -0.3 is 0 Å². The van der Waals surface area contributed by atoms with Crippen molar-refractivity contribution in [2.24, 2.45) is 0 Å². The quantitative estimate of drug-likeness (QED) is 0.931. The number of rotatable bonds is 4. The van der Waals surface area contributed by atoms with Gasteiger partial charge in [0.2, 0.25) is 10.0 Å².